The summed E-state index contributed by atoms with van der Waals surface area (Å²) in [4.78, 5) is 19.3. The van der Waals surface area contributed by atoms with Gasteiger partial charge in [0.25, 0.3) is 5.56 Å². The molecular formula is C16H26N4O. The average Bonchev–Trinajstić information content (AvgIpc) is 2.46. The molecule has 5 nitrogen and oxygen atoms in total. The van der Waals surface area contributed by atoms with E-state index in [1.165, 1.54) is 12.8 Å². The Hall–Kier alpha value is -1.36. The first-order valence-corrected chi connectivity index (χ1v) is 8.03. The summed E-state index contributed by atoms with van der Waals surface area (Å²) in [5.74, 6) is 1.27. The van der Waals surface area contributed by atoms with E-state index < -0.39 is 0 Å². The van der Waals surface area contributed by atoms with Crippen molar-refractivity contribution in [2.45, 2.75) is 51.6 Å². The van der Waals surface area contributed by atoms with Crippen LogP contribution in [0.1, 0.15) is 40.0 Å². The molecule has 21 heavy (non-hydrogen) atoms. The minimum Gasteiger partial charge on any atom is -0.352 e. The molecule has 0 bridgehead atoms. The Bertz CT molecular complexity index is 560. The van der Waals surface area contributed by atoms with Crippen molar-refractivity contribution >= 4 is 5.82 Å². The number of nitrogens with one attached hydrogen (secondary N) is 1. The molecule has 0 radical (unpaired) electrons. The van der Waals surface area contributed by atoms with Crippen LogP contribution in [-0.2, 0) is 5.54 Å². The number of piperidine rings is 2. The minimum atomic E-state index is -0.209. The Morgan fingerprint density at radius 3 is 2.90 bits per heavy atom. The number of fused-ring (bicyclic) bond motifs is 1. The molecule has 3 rings (SSSR count). The van der Waals surface area contributed by atoms with Crippen LogP contribution in [0.25, 0.3) is 0 Å². The zero-order valence-electron chi connectivity index (χ0n) is 13.3. The fourth-order valence-electron chi connectivity index (χ4n) is 3.58. The maximum Gasteiger partial charge on any atom is 0.293 e. The van der Waals surface area contributed by atoms with Crippen molar-refractivity contribution < 1.29 is 0 Å². The summed E-state index contributed by atoms with van der Waals surface area (Å²) in [6, 6.07) is 0.628. The SMILES string of the molecule is CC(C)(C)n1ccnc(N2CCC3NCCCC3C2)c1=O. The van der Waals surface area contributed by atoms with Crippen LogP contribution in [0.3, 0.4) is 0 Å². The second kappa shape index (κ2) is 5.44. The summed E-state index contributed by atoms with van der Waals surface area (Å²) in [7, 11) is 0. The Balaban J connectivity index is 1.86. The maximum absolute atomic E-state index is 12.7. The van der Waals surface area contributed by atoms with Gasteiger partial charge in [-0.05, 0) is 52.5 Å². The van der Waals surface area contributed by atoms with Crippen LogP contribution in [0.5, 0.6) is 0 Å². The molecule has 2 saturated heterocycles. The number of nitrogens with zero attached hydrogens (tertiary/aromatic N) is 3. The van der Waals surface area contributed by atoms with Gasteiger partial charge in [-0.15, -0.1) is 0 Å². The Morgan fingerprint density at radius 1 is 1.33 bits per heavy atom. The van der Waals surface area contributed by atoms with E-state index in [2.05, 4.69) is 36.0 Å². The smallest absolute Gasteiger partial charge is 0.293 e. The Morgan fingerprint density at radius 2 is 2.14 bits per heavy atom. The minimum absolute atomic E-state index is 0.0345. The third-order valence-corrected chi connectivity index (χ3v) is 4.74. The van der Waals surface area contributed by atoms with Crippen molar-refractivity contribution in [1.82, 2.24) is 14.9 Å². The quantitative estimate of drug-likeness (QED) is 0.853. The molecular weight excluding hydrogens is 264 g/mol. The third-order valence-electron chi connectivity index (χ3n) is 4.74. The number of hydrogen-bond acceptors (Lipinski definition) is 4. The van der Waals surface area contributed by atoms with Crippen LogP contribution in [-0.4, -0.2) is 35.2 Å². The van der Waals surface area contributed by atoms with Crippen molar-refractivity contribution in [3.05, 3.63) is 22.7 Å². The van der Waals surface area contributed by atoms with Gasteiger partial charge >= 0.3 is 0 Å². The Labute approximate surface area is 126 Å². The highest BCUT2D eigenvalue weighted by Gasteiger charge is 2.32. The first-order valence-electron chi connectivity index (χ1n) is 8.03. The van der Waals surface area contributed by atoms with E-state index in [9.17, 15) is 4.79 Å². The molecule has 2 aliphatic heterocycles. The van der Waals surface area contributed by atoms with Gasteiger partial charge in [0.1, 0.15) is 0 Å². The maximum atomic E-state index is 12.7. The molecule has 0 saturated carbocycles. The molecule has 0 spiro atoms. The third kappa shape index (κ3) is 2.84. The summed E-state index contributed by atoms with van der Waals surface area (Å²) in [6.45, 7) is 9.17. The lowest BCUT2D eigenvalue weighted by Gasteiger charge is -2.42. The number of anilines is 1. The van der Waals surface area contributed by atoms with Gasteiger partial charge in [0.2, 0.25) is 0 Å². The van der Waals surface area contributed by atoms with Gasteiger partial charge in [-0.1, -0.05) is 0 Å². The lowest BCUT2D eigenvalue weighted by molar-refractivity contribution is 0.243. The van der Waals surface area contributed by atoms with Crippen molar-refractivity contribution in [2.75, 3.05) is 24.5 Å². The van der Waals surface area contributed by atoms with Crippen LogP contribution in [0, 0.1) is 5.92 Å². The van der Waals surface area contributed by atoms with Crippen molar-refractivity contribution in [3.63, 3.8) is 0 Å². The van der Waals surface area contributed by atoms with Crippen LogP contribution in [0.15, 0.2) is 17.2 Å². The molecule has 116 valence electrons. The van der Waals surface area contributed by atoms with Gasteiger partial charge in [0.15, 0.2) is 5.82 Å². The highest BCUT2D eigenvalue weighted by Crippen LogP contribution is 2.26. The normalized spacial score (nSPS) is 26.5. The van der Waals surface area contributed by atoms with Crippen molar-refractivity contribution in [1.29, 1.82) is 0 Å². The molecule has 0 aromatic carbocycles. The largest absolute Gasteiger partial charge is 0.352 e. The van der Waals surface area contributed by atoms with E-state index in [1.54, 1.807) is 17.0 Å². The van der Waals surface area contributed by atoms with Gasteiger partial charge < -0.3 is 14.8 Å². The van der Waals surface area contributed by atoms with Crippen LogP contribution < -0.4 is 15.8 Å². The molecule has 0 amide bonds. The molecule has 1 aromatic rings. The van der Waals surface area contributed by atoms with Gasteiger partial charge in [-0.3, -0.25) is 4.79 Å². The number of aromatic nitrogens is 2. The molecule has 1 N–H and O–H groups in total. The predicted octanol–water partition coefficient (Wildman–Crippen LogP) is 1.58. The standard InChI is InChI=1S/C16H26N4O/c1-16(2,3)20-10-8-18-14(15(20)21)19-9-6-13-12(11-19)5-4-7-17-13/h8,10,12-13,17H,4-7,9,11H2,1-3H3. The summed E-state index contributed by atoms with van der Waals surface area (Å²) in [6.07, 6.45) is 7.15. The summed E-state index contributed by atoms with van der Waals surface area (Å²) >= 11 is 0. The zero-order chi connectivity index (χ0) is 15.0. The molecule has 0 aliphatic carbocycles. The second-order valence-electron chi connectivity index (χ2n) is 7.29. The average molecular weight is 290 g/mol. The summed E-state index contributed by atoms with van der Waals surface area (Å²) < 4.78 is 1.79. The first kappa shape index (κ1) is 14.6. The fourth-order valence-corrected chi connectivity index (χ4v) is 3.58. The van der Waals surface area contributed by atoms with E-state index in [-0.39, 0.29) is 11.1 Å². The molecule has 2 unspecified atom stereocenters. The van der Waals surface area contributed by atoms with E-state index in [0.29, 0.717) is 17.8 Å². The van der Waals surface area contributed by atoms with E-state index in [4.69, 9.17) is 0 Å². The van der Waals surface area contributed by atoms with E-state index in [0.717, 1.165) is 26.1 Å². The topological polar surface area (TPSA) is 50.2 Å². The van der Waals surface area contributed by atoms with Crippen molar-refractivity contribution in [3.8, 4) is 0 Å². The lowest BCUT2D eigenvalue weighted by Crippen LogP contribution is -2.53. The molecule has 2 fully saturated rings. The van der Waals surface area contributed by atoms with Gasteiger partial charge in [0.05, 0.1) is 0 Å². The highest BCUT2D eigenvalue weighted by atomic mass is 16.1. The summed E-state index contributed by atoms with van der Waals surface area (Å²) in [5, 5.41) is 3.61. The van der Waals surface area contributed by atoms with Gasteiger partial charge in [-0.2, -0.15) is 0 Å². The monoisotopic (exact) mass is 290 g/mol. The van der Waals surface area contributed by atoms with Crippen LogP contribution in [0.2, 0.25) is 0 Å². The Kier molecular flexibility index (Phi) is 3.78. The number of hydrogen-bond donors (Lipinski definition) is 1. The highest BCUT2D eigenvalue weighted by molar-refractivity contribution is 5.37. The zero-order valence-corrected chi connectivity index (χ0v) is 13.3. The molecule has 2 aliphatic rings. The lowest BCUT2D eigenvalue weighted by atomic mass is 9.85. The predicted molar refractivity (Wildman–Crippen MR) is 84.8 cm³/mol. The summed E-state index contributed by atoms with van der Waals surface area (Å²) in [5.41, 5.74) is -0.174. The fraction of sp³-hybridized carbons (Fsp3) is 0.750. The van der Waals surface area contributed by atoms with Crippen molar-refractivity contribution in [2.24, 2.45) is 5.92 Å². The first-order chi connectivity index (χ1) is 9.97. The van der Waals surface area contributed by atoms with Gasteiger partial charge in [0, 0.05) is 37.1 Å². The molecule has 1 aromatic heterocycles. The number of rotatable bonds is 1. The molecule has 2 atom stereocenters. The second-order valence-corrected chi connectivity index (χ2v) is 7.29. The molecule has 5 heteroatoms. The van der Waals surface area contributed by atoms with Crippen LogP contribution in [0.4, 0.5) is 5.82 Å². The van der Waals surface area contributed by atoms with E-state index >= 15 is 0 Å². The van der Waals surface area contributed by atoms with Crippen LogP contribution >= 0.6 is 0 Å². The van der Waals surface area contributed by atoms with E-state index in [1.807, 2.05) is 0 Å². The van der Waals surface area contributed by atoms with Gasteiger partial charge in [-0.25, -0.2) is 4.98 Å². The molecule has 3 heterocycles.